The Hall–Kier alpha value is -3.05. The molecule has 1 aliphatic carbocycles. The fourth-order valence-electron chi connectivity index (χ4n) is 4.06. The summed E-state index contributed by atoms with van der Waals surface area (Å²) in [5, 5.41) is 4.43. The number of ketones is 1. The summed E-state index contributed by atoms with van der Waals surface area (Å²) in [7, 11) is 0. The summed E-state index contributed by atoms with van der Waals surface area (Å²) in [4.78, 5) is 31.3. The molecule has 0 atom stereocenters. The van der Waals surface area contributed by atoms with Crippen LogP contribution in [0.25, 0.3) is 22.0 Å². The van der Waals surface area contributed by atoms with Crippen LogP contribution in [0.4, 0.5) is 0 Å². The van der Waals surface area contributed by atoms with E-state index in [1.165, 1.54) is 0 Å². The first-order valence-corrected chi connectivity index (χ1v) is 10.7. The third-order valence-electron chi connectivity index (χ3n) is 5.54. The normalized spacial score (nSPS) is 12.6. The Bertz CT molecular complexity index is 1330. The Morgan fingerprint density at radius 1 is 0.966 bits per heavy atom. The fourth-order valence-corrected chi connectivity index (χ4v) is 5.00. The molecule has 0 fully saturated rings. The second-order valence-electron chi connectivity index (χ2n) is 7.67. The molecule has 0 amide bonds. The van der Waals surface area contributed by atoms with Gasteiger partial charge in [-0.05, 0) is 12.0 Å². The molecule has 0 saturated carbocycles. The zero-order valence-corrected chi connectivity index (χ0v) is 17.1. The van der Waals surface area contributed by atoms with E-state index in [0.717, 1.165) is 27.3 Å². The molecular weight excluding hydrogens is 380 g/mol. The lowest BCUT2D eigenvalue weighted by molar-refractivity contribution is 0.104. The van der Waals surface area contributed by atoms with Crippen molar-refractivity contribution >= 4 is 27.9 Å². The largest absolute Gasteiger partial charge is 0.307 e. The van der Waals surface area contributed by atoms with Gasteiger partial charge < -0.3 is 4.57 Å². The van der Waals surface area contributed by atoms with E-state index in [1.54, 1.807) is 15.9 Å². The highest BCUT2D eigenvalue weighted by Crippen LogP contribution is 2.39. The lowest BCUT2D eigenvalue weighted by atomic mass is 10.0. The summed E-state index contributed by atoms with van der Waals surface area (Å²) in [5.41, 5.74) is 3.94. The minimum Gasteiger partial charge on any atom is -0.307 e. The molecule has 0 bridgehead atoms. The summed E-state index contributed by atoms with van der Waals surface area (Å²) in [6.45, 7) is 4.75. The van der Waals surface area contributed by atoms with E-state index in [-0.39, 0.29) is 11.3 Å². The highest BCUT2D eigenvalue weighted by molar-refractivity contribution is 7.09. The van der Waals surface area contributed by atoms with E-state index in [0.29, 0.717) is 35.4 Å². The smallest absolute Gasteiger partial charge is 0.258 e. The van der Waals surface area contributed by atoms with Crippen LogP contribution in [0.15, 0.2) is 58.7 Å². The van der Waals surface area contributed by atoms with Crippen LogP contribution in [0.5, 0.6) is 0 Å². The van der Waals surface area contributed by atoms with Crippen molar-refractivity contribution in [2.24, 2.45) is 0 Å². The molecule has 2 aromatic carbocycles. The molecule has 0 N–H and O–H groups in total. The van der Waals surface area contributed by atoms with Crippen LogP contribution in [0.2, 0.25) is 0 Å². The average molecular weight is 401 g/mol. The number of pyridine rings is 1. The Kier molecular flexibility index (Phi) is 4.21. The zero-order chi connectivity index (χ0) is 20.1. The van der Waals surface area contributed by atoms with E-state index >= 15 is 0 Å². The van der Waals surface area contributed by atoms with Crippen LogP contribution in [-0.4, -0.2) is 15.3 Å². The molecular formula is C24H20N2O2S. The SMILES string of the molecule is CC(C)c1csc(CCn2c3c(c4ccccc4c2=O)C(=O)c2ccccc2-3)n1. The molecule has 0 aliphatic heterocycles. The van der Waals surface area contributed by atoms with Crippen molar-refractivity contribution in [2.75, 3.05) is 0 Å². The Morgan fingerprint density at radius 2 is 1.66 bits per heavy atom. The number of fused-ring (bicyclic) bond motifs is 5. The monoisotopic (exact) mass is 400 g/mol. The van der Waals surface area contributed by atoms with Gasteiger partial charge in [0.25, 0.3) is 5.56 Å². The van der Waals surface area contributed by atoms with Crippen molar-refractivity contribution in [2.45, 2.75) is 32.7 Å². The third-order valence-corrected chi connectivity index (χ3v) is 6.47. The van der Waals surface area contributed by atoms with Crippen LogP contribution in [0.3, 0.4) is 0 Å². The van der Waals surface area contributed by atoms with Crippen LogP contribution in [-0.2, 0) is 13.0 Å². The summed E-state index contributed by atoms with van der Waals surface area (Å²) in [5.74, 6) is 0.383. The zero-order valence-electron chi connectivity index (χ0n) is 16.3. The lowest BCUT2D eigenvalue weighted by Crippen LogP contribution is -2.24. The predicted molar refractivity (Wildman–Crippen MR) is 117 cm³/mol. The number of benzene rings is 2. The molecule has 0 saturated heterocycles. The average Bonchev–Trinajstić information content (AvgIpc) is 3.32. The van der Waals surface area contributed by atoms with Gasteiger partial charge in [0.1, 0.15) is 0 Å². The molecule has 144 valence electrons. The molecule has 29 heavy (non-hydrogen) atoms. The van der Waals surface area contributed by atoms with Crippen molar-refractivity contribution in [3.8, 4) is 11.3 Å². The van der Waals surface area contributed by atoms with E-state index in [1.807, 2.05) is 48.5 Å². The van der Waals surface area contributed by atoms with Gasteiger partial charge in [0.15, 0.2) is 5.78 Å². The Labute approximate surface area is 172 Å². The molecule has 5 heteroatoms. The van der Waals surface area contributed by atoms with Gasteiger partial charge in [-0.15, -0.1) is 11.3 Å². The fraction of sp³-hybridized carbons (Fsp3) is 0.208. The third kappa shape index (κ3) is 2.76. The molecule has 2 aromatic heterocycles. The van der Waals surface area contributed by atoms with Crippen molar-refractivity contribution in [1.29, 1.82) is 0 Å². The molecule has 0 unspecified atom stereocenters. The van der Waals surface area contributed by atoms with Crippen molar-refractivity contribution < 1.29 is 4.79 Å². The number of hydrogen-bond donors (Lipinski definition) is 0. The van der Waals surface area contributed by atoms with E-state index in [9.17, 15) is 9.59 Å². The minimum absolute atomic E-state index is 0.00288. The molecule has 2 heterocycles. The van der Waals surface area contributed by atoms with Crippen LogP contribution in [0, 0.1) is 0 Å². The quantitative estimate of drug-likeness (QED) is 0.425. The summed E-state index contributed by atoms with van der Waals surface area (Å²) in [6, 6.07) is 15.0. The number of hydrogen-bond acceptors (Lipinski definition) is 4. The van der Waals surface area contributed by atoms with E-state index in [4.69, 9.17) is 4.98 Å². The van der Waals surface area contributed by atoms with Gasteiger partial charge in [-0.25, -0.2) is 4.98 Å². The van der Waals surface area contributed by atoms with Gasteiger partial charge in [0, 0.05) is 40.2 Å². The lowest BCUT2D eigenvalue weighted by Gasteiger charge is -2.14. The first kappa shape index (κ1) is 18.0. The number of aromatic nitrogens is 2. The number of nitrogens with zero attached hydrogens (tertiary/aromatic N) is 2. The van der Waals surface area contributed by atoms with Gasteiger partial charge in [-0.3, -0.25) is 9.59 Å². The number of carbonyl (C=O) groups excluding carboxylic acids is 1. The molecule has 4 aromatic rings. The summed E-state index contributed by atoms with van der Waals surface area (Å²) < 4.78 is 1.78. The van der Waals surface area contributed by atoms with E-state index in [2.05, 4.69) is 19.2 Å². The highest BCUT2D eigenvalue weighted by Gasteiger charge is 2.32. The van der Waals surface area contributed by atoms with E-state index < -0.39 is 0 Å². The number of aryl methyl sites for hydroxylation is 1. The number of thiazole rings is 1. The molecule has 1 aliphatic rings. The van der Waals surface area contributed by atoms with Gasteiger partial charge in [-0.1, -0.05) is 56.3 Å². The van der Waals surface area contributed by atoms with Gasteiger partial charge in [0.05, 0.1) is 22.0 Å². The maximum Gasteiger partial charge on any atom is 0.258 e. The first-order valence-electron chi connectivity index (χ1n) is 9.80. The highest BCUT2D eigenvalue weighted by atomic mass is 32.1. The number of rotatable bonds is 4. The van der Waals surface area contributed by atoms with Gasteiger partial charge in [-0.2, -0.15) is 0 Å². The standard InChI is InChI=1S/C24H20N2O2S/c1-14(2)19-13-29-20(25-19)11-12-26-22-16-8-4-5-9-17(16)23(27)21(22)15-7-3-6-10-18(15)24(26)28/h3-10,13-14H,11-12H2,1-2H3. The summed E-state index contributed by atoms with van der Waals surface area (Å²) in [6.07, 6.45) is 0.665. The molecule has 0 spiro atoms. The van der Waals surface area contributed by atoms with Crippen LogP contribution < -0.4 is 5.56 Å². The molecule has 5 rings (SSSR count). The van der Waals surface area contributed by atoms with Crippen molar-refractivity contribution in [3.05, 3.63) is 86.1 Å². The van der Waals surface area contributed by atoms with Gasteiger partial charge >= 0.3 is 0 Å². The van der Waals surface area contributed by atoms with Gasteiger partial charge in [0.2, 0.25) is 0 Å². The van der Waals surface area contributed by atoms with Crippen molar-refractivity contribution in [1.82, 2.24) is 9.55 Å². The Balaban J connectivity index is 1.69. The maximum absolute atomic E-state index is 13.4. The first-order chi connectivity index (χ1) is 14.1. The number of carbonyl (C=O) groups is 1. The molecule has 0 radical (unpaired) electrons. The van der Waals surface area contributed by atoms with Crippen molar-refractivity contribution in [3.63, 3.8) is 0 Å². The van der Waals surface area contributed by atoms with Crippen LogP contribution >= 0.6 is 11.3 Å². The summed E-state index contributed by atoms with van der Waals surface area (Å²) >= 11 is 1.63. The second-order valence-corrected chi connectivity index (χ2v) is 8.61. The predicted octanol–water partition coefficient (Wildman–Crippen LogP) is 5.04. The minimum atomic E-state index is -0.0514. The maximum atomic E-state index is 13.4. The topological polar surface area (TPSA) is 52.0 Å². The molecule has 4 nitrogen and oxygen atoms in total. The Morgan fingerprint density at radius 3 is 2.38 bits per heavy atom. The van der Waals surface area contributed by atoms with Crippen LogP contribution in [0.1, 0.15) is 46.4 Å². The second kappa shape index (κ2) is 6.78.